The number of carboxylic acid groups (broad SMARTS) is 1. The van der Waals surface area contributed by atoms with Gasteiger partial charge in [-0.3, -0.25) is 9.80 Å². The first-order chi connectivity index (χ1) is 14.0. The van der Waals surface area contributed by atoms with Crippen LogP contribution < -0.4 is 14.5 Å². The summed E-state index contributed by atoms with van der Waals surface area (Å²) >= 11 is 1.42. The van der Waals surface area contributed by atoms with Gasteiger partial charge in [0.05, 0.1) is 25.4 Å². The molecule has 3 heterocycles. The van der Waals surface area contributed by atoms with Gasteiger partial charge in [0, 0.05) is 30.9 Å². The van der Waals surface area contributed by atoms with Gasteiger partial charge in [-0.1, -0.05) is 23.9 Å². The maximum atomic E-state index is 13.2. The first kappa shape index (κ1) is 19.3. The number of thioether (sulfide) groups is 1. The zero-order valence-corrected chi connectivity index (χ0v) is 17.1. The molecule has 0 radical (unpaired) electrons. The van der Waals surface area contributed by atoms with Gasteiger partial charge in [0.15, 0.2) is 5.16 Å². The van der Waals surface area contributed by atoms with Crippen molar-refractivity contribution < 1.29 is 19.4 Å². The van der Waals surface area contributed by atoms with E-state index in [-0.39, 0.29) is 18.6 Å². The number of benzene rings is 1. The molecule has 2 aromatic rings. The molecule has 1 aromatic heterocycles. The summed E-state index contributed by atoms with van der Waals surface area (Å²) in [5.74, 6) is 1.08. The van der Waals surface area contributed by atoms with Gasteiger partial charge >= 0.3 is 12.1 Å². The third-order valence-electron chi connectivity index (χ3n) is 5.31. The van der Waals surface area contributed by atoms with E-state index in [1.54, 1.807) is 24.2 Å². The summed E-state index contributed by atoms with van der Waals surface area (Å²) in [5.41, 5.74) is 2.11. The number of carbonyl (C=O) groups is 2. The Balaban J connectivity index is 1.76. The fourth-order valence-electron chi connectivity index (χ4n) is 3.96. The van der Waals surface area contributed by atoms with Crippen molar-refractivity contribution in [3.05, 3.63) is 35.5 Å². The molecule has 0 saturated heterocycles. The van der Waals surface area contributed by atoms with E-state index in [9.17, 15) is 14.7 Å². The van der Waals surface area contributed by atoms with E-state index in [1.165, 1.54) is 28.7 Å². The Bertz CT molecular complexity index is 985. The molecule has 0 spiro atoms. The monoisotopic (exact) mass is 415 g/mol. The van der Waals surface area contributed by atoms with Crippen molar-refractivity contribution in [3.8, 4) is 5.75 Å². The van der Waals surface area contributed by atoms with Gasteiger partial charge < -0.3 is 14.7 Å². The number of urea groups is 1. The average Bonchev–Trinajstić information content (AvgIpc) is 2.74. The predicted octanol–water partition coefficient (Wildman–Crippen LogP) is 3.21. The summed E-state index contributed by atoms with van der Waals surface area (Å²) in [5, 5.41) is 10.3. The molecule has 1 atom stereocenters. The van der Waals surface area contributed by atoms with Crippen LogP contribution in [0.25, 0.3) is 0 Å². The Morgan fingerprint density at radius 2 is 2.17 bits per heavy atom. The van der Waals surface area contributed by atoms with E-state index in [0.717, 1.165) is 11.1 Å². The Kier molecular flexibility index (Phi) is 4.95. The third-order valence-corrected chi connectivity index (χ3v) is 5.87. The van der Waals surface area contributed by atoms with E-state index in [2.05, 4.69) is 9.97 Å². The number of rotatable bonds is 3. The van der Waals surface area contributed by atoms with Crippen molar-refractivity contribution in [3.63, 3.8) is 0 Å². The van der Waals surface area contributed by atoms with Crippen LogP contribution >= 0.6 is 11.8 Å². The standard InChI is InChI=1S/C19H21N5O4S/c1-22-16-11(9-20-17(21-16)29-3)10-24(18(22)25)13-7-8-23(19(26)27)15-12(13)5-4-6-14(15)28-2/h4-6,9,13H,7-8,10H2,1-3H3,(H,26,27). The molecule has 3 amide bonds. The van der Waals surface area contributed by atoms with Gasteiger partial charge in [0.25, 0.3) is 0 Å². The van der Waals surface area contributed by atoms with Crippen molar-refractivity contribution in [1.82, 2.24) is 14.9 Å². The Morgan fingerprint density at radius 1 is 1.38 bits per heavy atom. The van der Waals surface area contributed by atoms with Crippen molar-refractivity contribution in [2.45, 2.75) is 24.2 Å². The number of carbonyl (C=O) groups excluding carboxylic acids is 1. The van der Waals surface area contributed by atoms with E-state index in [0.29, 0.717) is 35.4 Å². The Hall–Kier alpha value is -3.01. The highest BCUT2D eigenvalue weighted by atomic mass is 32.2. The molecule has 0 aliphatic carbocycles. The van der Waals surface area contributed by atoms with Crippen LogP contribution in [0, 0.1) is 0 Å². The van der Waals surface area contributed by atoms with E-state index < -0.39 is 6.09 Å². The lowest BCUT2D eigenvalue weighted by Gasteiger charge is -2.43. The first-order valence-electron chi connectivity index (χ1n) is 9.07. The lowest BCUT2D eigenvalue weighted by atomic mass is 9.94. The van der Waals surface area contributed by atoms with Crippen LogP contribution in [0.3, 0.4) is 0 Å². The lowest BCUT2D eigenvalue weighted by molar-refractivity contribution is 0.166. The molecule has 1 N–H and O–H groups in total. The molecule has 1 aromatic carbocycles. The van der Waals surface area contributed by atoms with E-state index in [4.69, 9.17) is 4.74 Å². The third kappa shape index (κ3) is 3.13. The van der Waals surface area contributed by atoms with Gasteiger partial charge in [0.1, 0.15) is 11.6 Å². The summed E-state index contributed by atoms with van der Waals surface area (Å²) in [6, 6.07) is 4.95. The Morgan fingerprint density at radius 3 is 2.86 bits per heavy atom. The van der Waals surface area contributed by atoms with Gasteiger partial charge in [-0.2, -0.15) is 0 Å². The maximum absolute atomic E-state index is 13.2. The molecular formula is C19H21N5O4S. The summed E-state index contributed by atoms with van der Waals surface area (Å²) < 4.78 is 5.42. The molecule has 9 nitrogen and oxygen atoms in total. The number of fused-ring (bicyclic) bond motifs is 2. The number of ether oxygens (including phenoxy) is 1. The topological polar surface area (TPSA) is 99.1 Å². The van der Waals surface area contributed by atoms with Crippen LogP contribution in [-0.2, 0) is 6.54 Å². The normalized spacial score (nSPS) is 18.4. The number of hydrogen-bond acceptors (Lipinski definition) is 6. The lowest BCUT2D eigenvalue weighted by Crippen LogP contribution is -2.49. The highest BCUT2D eigenvalue weighted by Gasteiger charge is 2.40. The number of nitrogens with zero attached hydrogens (tertiary/aromatic N) is 5. The van der Waals surface area contributed by atoms with Crippen molar-refractivity contribution in [1.29, 1.82) is 0 Å². The largest absolute Gasteiger partial charge is 0.495 e. The second-order valence-corrected chi connectivity index (χ2v) is 7.59. The molecule has 4 rings (SSSR count). The molecule has 0 saturated carbocycles. The highest BCUT2D eigenvalue weighted by molar-refractivity contribution is 7.98. The second-order valence-electron chi connectivity index (χ2n) is 6.81. The van der Waals surface area contributed by atoms with Gasteiger partial charge in [0.2, 0.25) is 0 Å². The highest BCUT2D eigenvalue weighted by Crippen LogP contribution is 2.45. The molecule has 2 aliphatic rings. The smallest absolute Gasteiger partial charge is 0.411 e. The van der Waals surface area contributed by atoms with Crippen LogP contribution in [0.5, 0.6) is 5.75 Å². The number of methoxy groups -OCH3 is 1. The molecule has 1 unspecified atom stereocenters. The number of para-hydroxylation sites is 1. The summed E-state index contributed by atoms with van der Waals surface area (Å²) in [6.07, 6.45) is 3.09. The van der Waals surface area contributed by atoms with Crippen LogP contribution in [0.4, 0.5) is 21.1 Å². The number of anilines is 2. The number of hydrogen-bond donors (Lipinski definition) is 1. The fraction of sp³-hybridized carbons (Fsp3) is 0.368. The number of amides is 3. The van der Waals surface area contributed by atoms with Crippen molar-refractivity contribution in [2.24, 2.45) is 0 Å². The summed E-state index contributed by atoms with van der Waals surface area (Å²) in [7, 11) is 3.21. The maximum Gasteiger partial charge on any atom is 0.411 e. The van der Waals surface area contributed by atoms with Crippen molar-refractivity contribution >= 4 is 35.4 Å². The van der Waals surface area contributed by atoms with E-state index in [1.807, 2.05) is 18.4 Å². The quantitative estimate of drug-likeness (QED) is 0.607. The average molecular weight is 415 g/mol. The molecule has 2 aliphatic heterocycles. The van der Waals surface area contributed by atoms with Crippen molar-refractivity contribution in [2.75, 3.05) is 36.8 Å². The van der Waals surface area contributed by atoms with Crippen LogP contribution in [0.1, 0.15) is 23.6 Å². The Labute approximate surface area is 172 Å². The zero-order valence-electron chi connectivity index (χ0n) is 16.3. The first-order valence-corrected chi connectivity index (χ1v) is 10.3. The molecule has 0 bridgehead atoms. The minimum absolute atomic E-state index is 0.175. The molecule has 29 heavy (non-hydrogen) atoms. The molecule has 10 heteroatoms. The molecule has 152 valence electrons. The number of aromatic nitrogens is 2. The fourth-order valence-corrected chi connectivity index (χ4v) is 4.29. The molecule has 0 fully saturated rings. The van der Waals surface area contributed by atoms with Gasteiger partial charge in [-0.05, 0) is 18.7 Å². The SMILES string of the molecule is COc1cccc2c1N(C(=O)O)CCC2N1Cc2cnc(SC)nc2N(C)C1=O. The van der Waals surface area contributed by atoms with Crippen LogP contribution in [0.2, 0.25) is 0 Å². The predicted molar refractivity (Wildman–Crippen MR) is 109 cm³/mol. The summed E-state index contributed by atoms with van der Waals surface area (Å²) in [4.78, 5) is 38.3. The van der Waals surface area contributed by atoms with E-state index >= 15 is 0 Å². The van der Waals surface area contributed by atoms with Crippen LogP contribution in [0.15, 0.2) is 29.6 Å². The zero-order chi connectivity index (χ0) is 20.7. The van der Waals surface area contributed by atoms with Crippen LogP contribution in [-0.4, -0.2) is 59.1 Å². The minimum Gasteiger partial charge on any atom is -0.495 e. The second kappa shape index (κ2) is 7.43. The van der Waals surface area contributed by atoms with Gasteiger partial charge in [-0.25, -0.2) is 19.6 Å². The minimum atomic E-state index is -1.04. The van der Waals surface area contributed by atoms with Gasteiger partial charge in [-0.15, -0.1) is 0 Å². The summed E-state index contributed by atoms with van der Waals surface area (Å²) in [6.45, 7) is 0.636. The molecular weight excluding hydrogens is 394 g/mol.